The molecule has 0 saturated carbocycles. The van der Waals surface area contributed by atoms with Gasteiger partial charge in [-0.25, -0.2) is 4.98 Å². The number of nitrogens with zero attached hydrogens (tertiary/aromatic N) is 2. The average Bonchev–Trinajstić information content (AvgIpc) is 2.66. The smallest absolute Gasteiger partial charge is 0.0948 e. The Labute approximate surface area is 99.3 Å². The van der Waals surface area contributed by atoms with Crippen molar-refractivity contribution in [2.45, 2.75) is 53.1 Å². The summed E-state index contributed by atoms with van der Waals surface area (Å²) in [5, 5.41) is 3.46. The van der Waals surface area contributed by atoms with Gasteiger partial charge >= 0.3 is 0 Å². The molecule has 0 spiro atoms. The molecule has 1 heterocycles. The van der Waals surface area contributed by atoms with Crippen molar-refractivity contribution in [1.29, 1.82) is 0 Å². The summed E-state index contributed by atoms with van der Waals surface area (Å²) in [6, 6.07) is 0. The predicted molar refractivity (Wildman–Crippen MR) is 68.3 cm³/mol. The van der Waals surface area contributed by atoms with Crippen LogP contribution in [0.15, 0.2) is 12.5 Å². The Morgan fingerprint density at radius 1 is 1.38 bits per heavy atom. The van der Waals surface area contributed by atoms with Gasteiger partial charge in [0.25, 0.3) is 0 Å². The Balaban J connectivity index is 2.32. The van der Waals surface area contributed by atoms with Crippen LogP contribution in [0.25, 0.3) is 0 Å². The molecule has 0 saturated heterocycles. The van der Waals surface area contributed by atoms with Crippen molar-refractivity contribution in [2.24, 2.45) is 5.92 Å². The normalized spacial score (nSPS) is 11.2. The lowest BCUT2D eigenvalue weighted by Crippen LogP contribution is -2.20. The molecule has 1 N–H and O–H groups in total. The van der Waals surface area contributed by atoms with E-state index in [2.05, 4.69) is 35.6 Å². The first-order valence-electron chi connectivity index (χ1n) is 6.43. The first-order chi connectivity index (χ1) is 7.74. The van der Waals surface area contributed by atoms with E-state index in [0.29, 0.717) is 5.92 Å². The molecule has 3 nitrogen and oxygen atoms in total. The van der Waals surface area contributed by atoms with Crippen molar-refractivity contribution in [3.05, 3.63) is 18.2 Å². The summed E-state index contributed by atoms with van der Waals surface area (Å²) >= 11 is 0. The van der Waals surface area contributed by atoms with Crippen LogP contribution in [0.5, 0.6) is 0 Å². The molecule has 92 valence electrons. The van der Waals surface area contributed by atoms with Crippen LogP contribution in [0.4, 0.5) is 0 Å². The van der Waals surface area contributed by atoms with E-state index in [1.165, 1.54) is 25.0 Å². The fourth-order valence-corrected chi connectivity index (χ4v) is 1.72. The van der Waals surface area contributed by atoms with Crippen molar-refractivity contribution in [3.63, 3.8) is 0 Å². The standard InChI is InChI=1S/C13H25N3/c1-4-5-6-7-16-11-15-10-13(16)9-14-8-12(2)3/h10-12,14H,4-9H2,1-3H3. The highest BCUT2D eigenvalue weighted by atomic mass is 15.1. The average molecular weight is 223 g/mol. The second-order valence-electron chi connectivity index (χ2n) is 4.81. The van der Waals surface area contributed by atoms with E-state index in [4.69, 9.17) is 0 Å². The van der Waals surface area contributed by atoms with Crippen LogP contribution in [-0.2, 0) is 13.1 Å². The van der Waals surface area contributed by atoms with Gasteiger partial charge in [-0.1, -0.05) is 33.6 Å². The quantitative estimate of drug-likeness (QED) is 0.687. The third-order valence-electron chi connectivity index (χ3n) is 2.66. The molecular weight excluding hydrogens is 198 g/mol. The minimum absolute atomic E-state index is 0.705. The second-order valence-corrected chi connectivity index (χ2v) is 4.81. The SMILES string of the molecule is CCCCCn1cncc1CNCC(C)C. The Morgan fingerprint density at radius 2 is 2.19 bits per heavy atom. The molecule has 0 radical (unpaired) electrons. The van der Waals surface area contributed by atoms with Gasteiger partial charge in [0.2, 0.25) is 0 Å². The Kier molecular flexibility index (Phi) is 6.16. The van der Waals surface area contributed by atoms with Crippen LogP contribution in [-0.4, -0.2) is 16.1 Å². The number of hydrogen-bond donors (Lipinski definition) is 1. The Hall–Kier alpha value is -0.830. The van der Waals surface area contributed by atoms with E-state index in [-0.39, 0.29) is 0 Å². The summed E-state index contributed by atoms with van der Waals surface area (Å²) in [5.74, 6) is 0.705. The van der Waals surface area contributed by atoms with Gasteiger partial charge in [0.15, 0.2) is 0 Å². The molecule has 0 unspecified atom stereocenters. The van der Waals surface area contributed by atoms with Crippen LogP contribution in [0.1, 0.15) is 45.7 Å². The van der Waals surface area contributed by atoms with Crippen LogP contribution < -0.4 is 5.32 Å². The number of rotatable bonds is 8. The van der Waals surface area contributed by atoms with E-state index in [9.17, 15) is 0 Å². The van der Waals surface area contributed by atoms with Gasteiger partial charge < -0.3 is 9.88 Å². The zero-order chi connectivity index (χ0) is 11.8. The summed E-state index contributed by atoms with van der Waals surface area (Å²) in [5.41, 5.74) is 1.30. The highest BCUT2D eigenvalue weighted by molar-refractivity contribution is 4.97. The van der Waals surface area contributed by atoms with Gasteiger partial charge in [-0.2, -0.15) is 0 Å². The van der Waals surface area contributed by atoms with Crippen LogP contribution in [0.2, 0.25) is 0 Å². The lowest BCUT2D eigenvalue weighted by Gasteiger charge is -2.10. The van der Waals surface area contributed by atoms with E-state index < -0.39 is 0 Å². The molecule has 0 aromatic carbocycles. The largest absolute Gasteiger partial charge is 0.333 e. The van der Waals surface area contributed by atoms with Crippen LogP contribution in [0.3, 0.4) is 0 Å². The predicted octanol–water partition coefficient (Wildman–Crippen LogP) is 2.82. The summed E-state index contributed by atoms with van der Waals surface area (Å²) < 4.78 is 2.27. The maximum absolute atomic E-state index is 4.22. The highest BCUT2D eigenvalue weighted by Crippen LogP contribution is 2.04. The minimum Gasteiger partial charge on any atom is -0.333 e. The fraction of sp³-hybridized carbons (Fsp3) is 0.769. The van der Waals surface area contributed by atoms with Gasteiger partial charge in [-0.05, 0) is 18.9 Å². The molecule has 0 bridgehead atoms. The molecule has 0 aliphatic rings. The molecular formula is C13H25N3. The molecule has 16 heavy (non-hydrogen) atoms. The highest BCUT2D eigenvalue weighted by Gasteiger charge is 2.01. The van der Waals surface area contributed by atoms with E-state index in [1.54, 1.807) is 0 Å². The molecule has 1 aromatic heterocycles. The summed E-state index contributed by atoms with van der Waals surface area (Å²) in [7, 11) is 0. The van der Waals surface area contributed by atoms with Crippen LogP contribution >= 0.6 is 0 Å². The van der Waals surface area contributed by atoms with Gasteiger partial charge in [0, 0.05) is 19.3 Å². The molecule has 0 amide bonds. The lowest BCUT2D eigenvalue weighted by atomic mass is 10.2. The second kappa shape index (κ2) is 7.44. The van der Waals surface area contributed by atoms with Gasteiger partial charge in [-0.15, -0.1) is 0 Å². The molecule has 1 aromatic rings. The Morgan fingerprint density at radius 3 is 2.88 bits per heavy atom. The number of imidazole rings is 1. The molecule has 3 heteroatoms. The van der Waals surface area contributed by atoms with Gasteiger partial charge in [0.05, 0.1) is 12.0 Å². The molecule has 0 aliphatic carbocycles. The lowest BCUT2D eigenvalue weighted by molar-refractivity contribution is 0.524. The monoisotopic (exact) mass is 223 g/mol. The maximum atomic E-state index is 4.22. The zero-order valence-electron chi connectivity index (χ0n) is 10.9. The number of nitrogens with one attached hydrogen (secondary N) is 1. The summed E-state index contributed by atoms with van der Waals surface area (Å²) in [6.07, 6.45) is 7.75. The van der Waals surface area contributed by atoms with Crippen molar-refractivity contribution in [2.75, 3.05) is 6.54 Å². The number of unbranched alkanes of at least 4 members (excludes halogenated alkanes) is 2. The van der Waals surface area contributed by atoms with Crippen molar-refractivity contribution >= 4 is 0 Å². The number of hydrogen-bond acceptors (Lipinski definition) is 2. The topological polar surface area (TPSA) is 29.9 Å². The van der Waals surface area contributed by atoms with E-state index >= 15 is 0 Å². The van der Waals surface area contributed by atoms with E-state index in [0.717, 1.165) is 19.6 Å². The third-order valence-corrected chi connectivity index (χ3v) is 2.66. The minimum atomic E-state index is 0.705. The Bertz CT molecular complexity index is 278. The maximum Gasteiger partial charge on any atom is 0.0948 e. The fourth-order valence-electron chi connectivity index (χ4n) is 1.72. The summed E-state index contributed by atoms with van der Waals surface area (Å²) in [6.45, 7) is 9.80. The first-order valence-corrected chi connectivity index (χ1v) is 6.43. The molecule has 0 aliphatic heterocycles. The molecule has 1 rings (SSSR count). The molecule has 0 fully saturated rings. The van der Waals surface area contributed by atoms with Crippen molar-refractivity contribution in [1.82, 2.24) is 14.9 Å². The van der Waals surface area contributed by atoms with Gasteiger partial charge in [0.1, 0.15) is 0 Å². The number of aromatic nitrogens is 2. The van der Waals surface area contributed by atoms with Crippen molar-refractivity contribution in [3.8, 4) is 0 Å². The van der Waals surface area contributed by atoms with Crippen molar-refractivity contribution < 1.29 is 0 Å². The van der Waals surface area contributed by atoms with Crippen LogP contribution in [0, 0.1) is 5.92 Å². The van der Waals surface area contributed by atoms with Gasteiger partial charge in [-0.3, -0.25) is 0 Å². The third kappa shape index (κ3) is 4.79. The summed E-state index contributed by atoms with van der Waals surface area (Å²) in [4.78, 5) is 4.22. The zero-order valence-corrected chi connectivity index (χ0v) is 10.9. The van der Waals surface area contributed by atoms with E-state index in [1.807, 2.05) is 12.5 Å². The first kappa shape index (κ1) is 13.2. The number of aryl methyl sites for hydroxylation is 1. The molecule has 0 atom stereocenters.